The van der Waals surface area contributed by atoms with Crippen molar-refractivity contribution in [3.63, 3.8) is 0 Å². The summed E-state index contributed by atoms with van der Waals surface area (Å²) >= 11 is 0. The van der Waals surface area contributed by atoms with Gasteiger partial charge in [-0.3, -0.25) is 4.79 Å². The number of likely N-dealkylation sites (N-methyl/N-ethyl adjacent to an activating group) is 1. The summed E-state index contributed by atoms with van der Waals surface area (Å²) in [5, 5.41) is 9.46. The van der Waals surface area contributed by atoms with Crippen LogP contribution < -0.4 is 4.74 Å². The predicted molar refractivity (Wildman–Crippen MR) is 65.5 cm³/mol. The molecule has 0 spiro atoms. The molecule has 0 unspecified atom stereocenters. The number of nitrogens with zero attached hydrogens (tertiary/aromatic N) is 2. The average molecular weight is 242 g/mol. The summed E-state index contributed by atoms with van der Waals surface area (Å²) in [5.41, 5.74) is 0.516. The van der Waals surface area contributed by atoms with Crippen molar-refractivity contribution in [3.8, 4) is 11.8 Å². The Balaban J connectivity index is 2.16. The smallest absolute Gasteiger partial charge is 0.191 e. The summed E-state index contributed by atoms with van der Waals surface area (Å²) in [6.07, 6.45) is -0.352. The van der Waals surface area contributed by atoms with E-state index in [1.165, 1.54) is 0 Å². The van der Waals surface area contributed by atoms with Crippen LogP contribution in [-0.4, -0.2) is 36.9 Å². The summed E-state index contributed by atoms with van der Waals surface area (Å²) in [7, 11) is 1.91. The van der Waals surface area contributed by atoms with Crippen LogP contribution in [0.5, 0.6) is 5.75 Å². The number of Topliss-reactive ketones (excluding diaryl/α,β-unsaturated/α-hetero) is 1. The van der Waals surface area contributed by atoms with Crippen molar-refractivity contribution in [2.24, 2.45) is 5.41 Å². The Hall–Kier alpha value is -1.86. The van der Waals surface area contributed by atoms with E-state index in [9.17, 15) is 10.1 Å². The highest BCUT2D eigenvalue weighted by atomic mass is 16.5. The monoisotopic (exact) mass is 242 g/mol. The Morgan fingerprint density at radius 2 is 2.33 bits per heavy atom. The van der Waals surface area contributed by atoms with Crippen molar-refractivity contribution in [1.29, 1.82) is 5.26 Å². The molecule has 18 heavy (non-hydrogen) atoms. The first kappa shape index (κ1) is 11.2. The molecular formula is C14H14N2O2. The maximum Gasteiger partial charge on any atom is 0.191 e. The summed E-state index contributed by atoms with van der Waals surface area (Å²) in [6.45, 7) is 2.99. The van der Waals surface area contributed by atoms with Crippen molar-refractivity contribution < 1.29 is 9.53 Å². The fourth-order valence-electron chi connectivity index (χ4n) is 2.86. The second-order valence-corrected chi connectivity index (χ2v) is 5.22. The molecule has 0 radical (unpaired) electrons. The molecule has 0 bridgehead atoms. The van der Waals surface area contributed by atoms with Gasteiger partial charge in [0, 0.05) is 13.1 Å². The van der Waals surface area contributed by atoms with Gasteiger partial charge in [-0.05, 0) is 26.1 Å². The molecule has 1 aromatic carbocycles. The Labute approximate surface area is 106 Å². The molecular weight excluding hydrogens is 228 g/mol. The third kappa shape index (κ3) is 1.31. The number of aryl methyl sites for hydroxylation is 1. The van der Waals surface area contributed by atoms with Gasteiger partial charge in [0.1, 0.15) is 11.9 Å². The number of carbonyl (C=O) groups excluding carboxylic acids is 1. The summed E-state index contributed by atoms with van der Waals surface area (Å²) in [6, 6.07) is 7.76. The lowest BCUT2D eigenvalue weighted by atomic mass is 9.76. The number of carbonyl (C=O) groups is 1. The van der Waals surface area contributed by atoms with Gasteiger partial charge in [-0.15, -0.1) is 0 Å². The number of benzene rings is 1. The van der Waals surface area contributed by atoms with Crippen molar-refractivity contribution >= 4 is 5.78 Å². The minimum atomic E-state index is -1.03. The number of rotatable bonds is 0. The standard InChI is InChI=1S/C14H14N2O2/c1-9-3-4-11-10(5-9)13(17)14(7-15)8-16(2)6-12(14)18-11/h3-5,12H,6,8H2,1-2H3/t12-,14+/m1/s1. The van der Waals surface area contributed by atoms with Crippen LogP contribution in [0.4, 0.5) is 0 Å². The number of nitriles is 1. The molecule has 2 aliphatic rings. The zero-order chi connectivity index (χ0) is 12.9. The van der Waals surface area contributed by atoms with E-state index in [0.29, 0.717) is 24.4 Å². The zero-order valence-electron chi connectivity index (χ0n) is 10.4. The topological polar surface area (TPSA) is 53.3 Å². The molecule has 0 aliphatic carbocycles. The van der Waals surface area contributed by atoms with Gasteiger partial charge in [0.15, 0.2) is 11.2 Å². The van der Waals surface area contributed by atoms with Crippen LogP contribution in [0.3, 0.4) is 0 Å². The number of ketones is 1. The van der Waals surface area contributed by atoms with Gasteiger partial charge >= 0.3 is 0 Å². The van der Waals surface area contributed by atoms with Crippen molar-refractivity contribution in [2.75, 3.05) is 20.1 Å². The molecule has 1 aromatic rings. The number of ether oxygens (including phenoxy) is 1. The zero-order valence-corrected chi connectivity index (χ0v) is 10.4. The lowest BCUT2D eigenvalue weighted by Crippen LogP contribution is -2.47. The number of likely N-dealkylation sites (tertiary alicyclic amines) is 1. The van der Waals surface area contributed by atoms with E-state index in [0.717, 1.165) is 5.56 Å². The molecule has 0 amide bonds. The second-order valence-electron chi connectivity index (χ2n) is 5.22. The quantitative estimate of drug-likeness (QED) is 0.690. The van der Waals surface area contributed by atoms with Crippen LogP contribution in [0, 0.1) is 23.7 Å². The van der Waals surface area contributed by atoms with E-state index in [4.69, 9.17) is 4.74 Å². The van der Waals surface area contributed by atoms with Crippen LogP contribution >= 0.6 is 0 Å². The highest BCUT2D eigenvalue weighted by Crippen LogP contribution is 2.42. The van der Waals surface area contributed by atoms with Crippen LogP contribution in [0.2, 0.25) is 0 Å². The second kappa shape index (κ2) is 3.56. The van der Waals surface area contributed by atoms with Gasteiger partial charge in [0.25, 0.3) is 0 Å². The third-order valence-corrected chi connectivity index (χ3v) is 3.80. The molecule has 0 aromatic heterocycles. The molecule has 4 nitrogen and oxygen atoms in total. The van der Waals surface area contributed by atoms with Crippen LogP contribution in [0.1, 0.15) is 15.9 Å². The molecule has 0 N–H and O–H groups in total. The van der Waals surface area contributed by atoms with Gasteiger partial charge in [-0.2, -0.15) is 5.26 Å². The van der Waals surface area contributed by atoms with Crippen molar-refractivity contribution in [1.82, 2.24) is 4.90 Å². The molecule has 4 heteroatoms. The number of hydrogen-bond acceptors (Lipinski definition) is 4. The molecule has 2 atom stereocenters. The fraction of sp³-hybridized carbons (Fsp3) is 0.429. The average Bonchev–Trinajstić information content (AvgIpc) is 2.68. The lowest BCUT2D eigenvalue weighted by molar-refractivity contribution is 0.0626. The molecule has 1 fully saturated rings. The van der Waals surface area contributed by atoms with Crippen LogP contribution in [-0.2, 0) is 0 Å². The SMILES string of the molecule is Cc1ccc2c(c1)C(=O)[C@@]1(C#N)CN(C)C[C@H]1O2. The Morgan fingerprint density at radius 1 is 1.56 bits per heavy atom. The van der Waals surface area contributed by atoms with Gasteiger partial charge in [0.05, 0.1) is 11.6 Å². The fourth-order valence-corrected chi connectivity index (χ4v) is 2.86. The molecule has 1 saturated heterocycles. The van der Waals surface area contributed by atoms with E-state index < -0.39 is 5.41 Å². The molecule has 2 aliphatic heterocycles. The van der Waals surface area contributed by atoms with Crippen LogP contribution in [0.15, 0.2) is 18.2 Å². The van der Waals surface area contributed by atoms with Crippen molar-refractivity contribution in [3.05, 3.63) is 29.3 Å². The molecule has 0 saturated carbocycles. The minimum Gasteiger partial charge on any atom is -0.486 e. The molecule has 2 heterocycles. The Morgan fingerprint density at radius 3 is 3.06 bits per heavy atom. The van der Waals surface area contributed by atoms with E-state index in [-0.39, 0.29) is 11.9 Å². The predicted octanol–water partition coefficient (Wildman–Crippen LogP) is 1.39. The Kier molecular flexibility index (Phi) is 2.23. The van der Waals surface area contributed by atoms with Crippen molar-refractivity contribution in [2.45, 2.75) is 13.0 Å². The third-order valence-electron chi connectivity index (χ3n) is 3.80. The maximum atomic E-state index is 12.6. The normalized spacial score (nSPS) is 30.3. The number of hydrogen-bond donors (Lipinski definition) is 0. The minimum absolute atomic E-state index is 0.0932. The highest BCUT2D eigenvalue weighted by molar-refractivity contribution is 6.06. The highest BCUT2D eigenvalue weighted by Gasteiger charge is 2.56. The van der Waals surface area contributed by atoms with E-state index in [1.807, 2.05) is 37.1 Å². The molecule has 92 valence electrons. The first-order valence-electron chi connectivity index (χ1n) is 5.99. The van der Waals surface area contributed by atoms with Gasteiger partial charge < -0.3 is 9.64 Å². The maximum absolute atomic E-state index is 12.6. The lowest BCUT2D eigenvalue weighted by Gasteiger charge is -2.32. The summed E-state index contributed by atoms with van der Waals surface area (Å²) in [4.78, 5) is 14.6. The molecule has 3 rings (SSSR count). The van der Waals surface area contributed by atoms with E-state index >= 15 is 0 Å². The van der Waals surface area contributed by atoms with Gasteiger partial charge in [-0.1, -0.05) is 11.6 Å². The number of fused-ring (bicyclic) bond motifs is 2. The summed E-state index contributed by atoms with van der Waals surface area (Å²) in [5.74, 6) is 0.515. The summed E-state index contributed by atoms with van der Waals surface area (Å²) < 4.78 is 5.86. The first-order chi connectivity index (χ1) is 8.56. The van der Waals surface area contributed by atoms with E-state index in [2.05, 4.69) is 6.07 Å². The van der Waals surface area contributed by atoms with Gasteiger partial charge in [0.2, 0.25) is 0 Å². The largest absolute Gasteiger partial charge is 0.486 e. The van der Waals surface area contributed by atoms with Crippen LogP contribution in [0.25, 0.3) is 0 Å². The van der Waals surface area contributed by atoms with Gasteiger partial charge in [-0.25, -0.2) is 0 Å². The van der Waals surface area contributed by atoms with E-state index in [1.54, 1.807) is 0 Å². The first-order valence-corrected chi connectivity index (χ1v) is 5.99. The Bertz CT molecular complexity index is 576.